The molecule has 1 N–H and O–H groups in total. The van der Waals surface area contributed by atoms with Gasteiger partial charge in [0.15, 0.2) is 5.16 Å². The van der Waals surface area contributed by atoms with Crippen molar-refractivity contribution in [2.45, 2.75) is 37.0 Å². The highest BCUT2D eigenvalue weighted by molar-refractivity contribution is 7.99. The third-order valence-corrected chi connectivity index (χ3v) is 3.59. The highest BCUT2D eigenvalue weighted by Gasteiger charge is 2.05. The van der Waals surface area contributed by atoms with Crippen LogP contribution in [0, 0.1) is 6.92 Å². The molecule has 2 aromatic heterocycles. The van der Waals surface area contributed by atoms with Crippen molar-refractivity contribution >= 4 is 11.8 Å². The minimum atomic E-state index is 0.731. The van der Waals surface area contributed by atoms with E-state index in [9.17, 15) is 0 Å². The van der Waals surface area contributed by atoms with Gasteiger partial charge in [-0.05, 0) is 48.8 Å². The van der Waals surface area contributed by atoms with Gasteiger partial charge in [0.25, 0.3) is 0 Å². The zero-order chi connectivity index (χ0) is 13.5. The first kappa shape index (κ1) is 14.0. The molecule has 0 aliphatic heterocycles. The summed E-state index contributed by atoms with van der Waals surface area (Å²) in [7, 11) is 0. The van der Waals surface area contributed by atoms with Crippen molar-refractivity contribution in [2.75, 3.05) is 6.54 Å². The third-order valence-electron chi connectivity index (χ3n) is 2.57. The topological polar surface area (TPSA) is 50.7 Å². The molecule has 0 bridgehead atoms. The zero-order valence-corrected chi connectivity index (χ0v) is 12.1. The first-order chi connectivity index (χ1) is 9.29. The van der Waals surface area contributed by atoms with Crippen molar-refractivity contribution in [1.29, 1.82) is 0 Å². The van der Waals surface area contributed by atoms with Gasteiger partial charge in [0.1, 0.15) is 5.03 Å². The average molecular weight is 274 g/mol. The van der Waals surface area contributed by atoms with E-state index in [-0.39, 0.29) is 0 Å². The standard InChI is InChI=1S/C14H18N4S/c1-3-5-15-9-12-8-11(2)13(18-10-12)19-14-16-6-4-7-17-14/h4,6-8,10,15H,3,5,9H2,1-2H3. The summed E-state index contributed by atoms with van der Waals surface area (Å²) in [6, 6.07) is 3.98. The number of hydrogen-bond acceptors (Lipinski definition) is 5. The Hall–Kier alpha value is -1.46. The van der Waals surface area contributed by atoms with Gasteiger partial charge in [-0.15, -0.1) is 0 Å². The molecule has 0 unspecified atom stereocenters. The number of rotatable bonds is 6. The molecule has 2 aromatic rings. The van der Waals surface area contributed by atoms with Crippen LogP contribution in [0.4, 0.5) is 0 Å². The van der Waals surface area contributed by atoms with Gasteiger partial charge in [0.2, 0.25) is 0 Å². The summed E-state index contributed by atoms with van der Waals surface area (Å²) in [5.41, 5.74) is 2.37. The molecule has 0 spiro atoms. The molecule has 0 aromatic carbocycles. The third kappa shape index (κ3) is 4.29. The van der Waals surface area contributed by atoms with Gasteiger partial charge >= 0.3 is 0 Å². The van der Waals surface area contributed by atoms with E-state index >= 15 is 0 Å². The van der Waals surface area contributed by atoms with E-state index in [0.29, 0.717) is 0 Å². The Kier molecular flexibility index (Phi) is 5.30. The molecule has 0 fully saturated rings. The van der Waals surface area contributed by atoms with Crippen molar-refractivity contribution in [1.82, 2.24) is 20.3 Å². The fourth-order valence-electron chi connectivity index (χ4n) is 1.66. The van der Waals surface area contributed by atoms with Gasteiger partial charge in [0.05, 0.1) is 0 Å². The van der Waals surface area contributed by atoms with Crippen LogP contribution >= 0.6 is 11.8 Å². The van der Waals surface area contributed by atoms with Crippen molar-refractivity contribution in [3.8, 4) is 0 Å². The Morgan fingerprint density at radius 2 is 2.00 bits per heavy atom. The van der Waals surface area contributed by atoms with E-state index in [4.69, 9.17) is 0 Å². The highest BCUT2D eigenvalue weighted by atomic mass is 32.2. The molecule has 0 atom stereocenters. The van der Waals surface area contributed by atoms with Gasteiger partial charge in [-0.25, -0.2) is 15.0 Å². The van der Waals surface area contributed by atoms with Crippen LogP contribution in [-0.4, -0.2) is 21.5 Å². The largest absolute Gasteiger partial charge is 0.313 e. The Balaban J connectivity index is 2.03. The maximum Gasteiger partial charge on any atom is 0.193 e. The Morgan fingerprint density at radius 1 is 1.21 bits per heavy atom. The average Bonchev–Trinajstić information content (AvgIpc) is 2.43. The van der Waals surface area contributed by atoms with Crippen molar-refractivity contribution in [2.24, 2.45) is 0 Å². The highest BCUT2D eigenvalue weighted by Crippen LogP contribution is 2.25. The van der Waals surface area contributed by atoms with E-state index in [1.165, 1.54) is 17.3 Å². The smallest absolute Gasteiger partial charge is 0.193 e. The quantitative estimate of drug-likeness (QED) is 0.648. The van der Waals surface area contributed by atoms with Gasteiger partial charge in [0, 0.05) is 25.1 Å². The fourth-order valence-corrected chi connectivity index (χ4v) is 2.38. The maximum absolute atomic E-state index is 4.50. The van der Waals surface area contributed by atoms with Gasteiger partial charge < -0.3 is 5.32 Å². The Morgan fingerprint density at radius 3 is 2.68 bits per heavy atom. The summed E-state index contributed by atoms with van der Waals surface area (Å²) in [5.74, 6) is 0. The fraction of sp³-hybridized carbons (Fsp3) is 0.357. The predicted molar refractivity (Wildman–Crippen MR) is 77.1 cm³/mol. The van der Waals surface area contributed by atoms with Crippen LogP contribution in [0.2, 0.25) is 0 Å². The molecule has 0 aliphatic rings. The van der Waals surface area contributed by atoms with Crippen LogP contribution in [0.3, 0.4) is 0 Å². The molecule has 100 valence electrons. The summed E-state index contributed by atoms with van der Waals surface area (Å²) in [4.78, 5) is 12.9. The lowest BCUT2D eigenvalue weighted by molar-refractivity contribution is 0.672. The molecule has 0 amide bonds. The summed E-state index contributed by atoms with van der Waals surface area (Å²) in [5, 5.41) is 5.07. The van der Waals surface area contributed by atoms with Crippen LogP contribution in [0.25, 0.3) is 0 Å². The SMILES string of the molecule is CCCNCc1cnc(Sc2ncccn2)c(C)c1. The summed E-state index contributed by atoms with van der Waals surface area (Å²) in [6.07, 6.45) is 6.55. The maximum atomic E-state index is 4.50. The first-order valence-electron chi connectivity index (χ1n) is 6.40. The molecular weight excluding hydrogens is 256 g/mol. The van der Waals surface area contributed by atoms with Crippen LogP contribution in [0.15, 0.2) is 40.9 Å². The predicted octanol–water partition coefficient (Wildman–Crippen LogP) is 2.83. The Bertz CT molecular complexity index is 516. The van der Waals surface area contributed by atoms with Gasteiger partial charge in [-0.3, -0.25) is 0 Å². The Labute approximate surface area is 118 Å². The molecule has 0 radical (unpaired) electrons. The summed E-state index contributed by atoms with van der Waals surface area (Å²) < 4.78 is 0. The number of nitrogens with zero attached hydrogens (tertiary/aromatic N) is 3. The molecule has 0 saturated heterocycles. The summed E-state index contributed by atoms with van der Waals surface area (Å²) >= 11 is 1.50. The molecule has 4 nitrogen and oxygen atoms in total. The second-order valence-electron chi connectivity index (χ2n) is 4.28. The van der Waals surface area contributed by atoms with Crippen molar-refractivity contribution < 1.29 is 0 Å². The molecule has 0 aliphatic carbocycles. The van der Waals surface area contributed by atoms with E-state index in [1.807, 2.05) is 12.3 Å². The van der Waals surface area contributed by atoms with E-state index in [1.54, 1.807) is 12.4 Å². The molecule has 5 heteroatoms. The van der Waals surface area contributed by atoms with Crippen LogP contribution in [0.1, 0.15) is 24.5 Å². The number of aromatic nitrogens is 3. The lowest BCUT2D eigenvalue weighted by Crippen LogP contribution is -2.14. The molecule has 19 heavy (non-hydrogen) atoms. The second-order valence-corrected chi connectivity index (χ2v) is 5.23. The second kappa shape index (κ2) is 7.21. The van der Waals surface area contributed by atoms with Gasteiger partial charge in [-0.1, -0.05) is 13.0 Å². The number of pyridine rings is 1. The van der Waals surface area contributed by atoms with Crippen LogP contribution in [-0.2, 0) is 6.54 Å². The van der Waals surface area contributed by atoms with Crippen molar-refractivity contribution in [3.05, 3.63) is 41.9 Å². The lowest BCUT2D eigenvalue weighted by Gasteiger charge is -2.07. The summed E-state index contributed by atoms with van der Waals surface area (Å²) in [6.45, 7) is 6.14. The minimum absolute atomic E-state index is 0.731. The van der Waals surface area contributed by atoms with Crippen LogP contribution < -0.4 is 5.32 Å². The van der Waals surface area contributed by atoms with Gasteiger partial charge in [-0.2, -0.15) is 0 Å². The molecule has 2 heterocycles. The molecule has 0 saturated carbocycles. The lowest BCUT2D eigenvalue weighted by atomic mass is 10.2. The minimum Gasteiger partial charge on any atom is -0.313 e. The number of nitrogens with one attached hydrogen (secondary N) is 1. The van der Waals surface area contributed by atoms with Crippen molar-refractivity contribution in [3.63, 3.8) is 0 Å². The molecule has 2 rings (SSSR count). The zero-order valence-electron chi connectivity index (χ0n) is 11.3. The normalized spacial score (nSPS) is 10.6. The van der Waals surface area contributed by atoms with Crippen LogP contribution in [0.5, 0.6) is 0 Å². The number of aryl methyl sites for hydroxylation is 1. The first-order valence-corrected chi connectivity index (χ1v) is 7.22. The van der Waals surface area contributed by atoms with E-state index in [2.05, 4.69) is 40.2 Å². The number of hydrogen-bond donors (Lipinski definition) is 1. The van der Waals surface area contributed by atoms with E-state index < -0.39 is 0 Å². The monoisotopic (exact) mass is 274 g/mol. The molecular formula is C14H18N4S. The van der Waals surface area contributed by atoms with E-state index in [0.717, 1.165) is 35.3 Å².